The lowest BCUT2D eigenvalue weighted by Crippen LogP contribution is -2.41. The number of aliphatic hydroxyl groups is 1. The Balaban J connectivity index is 1.51. The number of carbonyl (C=O) groups is 1. The molecule has 0 aliphatic carbocycles. The Hall–Kier alpha value is -3.81. The van der Waals surface area contributed by atoms with E-state index in [-0.39, 0.29) is 46.2 Å². The molecular weight excluding hydrogens is 522 g/mol. The fourth-order valence-electron chi connectivity index (χ4n) is 4.59. The number of nitrogens with two attached hydrogens (primary N) is 1. The molecule has 0 radical (unpaired) electrons. The van der Waals surface area contributed by atoms with Crippen molar-refractivity contribution in [1.29, 1.82) is 0 Å². The number of nitrogens with one attached hydrogen (secondary N) is 1. The number of rotatable bonds is 9. The van der Waals surface area contributed by atoms with E-state index in [4.69, 9.17) is 22.1 Å². The molecule has 200 valence electrons. The van der Waals surface area contributed by atoms with Gasteiger partial charge in [-0.15, -0.1) is 0 Å². The standard InChI is InChI=1S/C24H25ClF2N8O3/c25-14-4-5-19(38-24(26)27)16(9-14)21-18(31-23(37)17-11-30-35-8-2-6-29-22(17)35)12-33(32-21)13-20(36)34-7-1-3-15(34)10-28/h2,4-6,8-9,11-12,15,23-24,31,37H,1,3,7,10,13,28H2/t15-,23?/m0/s1. The molecular formula is C24H25ClF2N8O3. The van der Waals surface area contributed by atoms with Crippen LogP contribution in [-0.4, -0.2) is 66.0 Å². The third-order valence-electron chi connectivity index (χ3n) is 6.33. The van der Waals surface area contributed by atoms with E-state index in [2.05, 4.69) is 20.5 Å². The fourth-order valence-corrected chi connectivity index (χ4v) is 4.77. The molecule has 4 heterocycles. The zero-order valence-electron chi connectivity index (χ0n) is 20.0. The number of ether oxygens (including phenoxy) is 1. The van der Waals surface area contributed by atoms with Gasteiger partial charge in [-0.25, -0.2) is 9.50 Å². The van der Waals surface area contributed by atoms with Gasteiger partial charge in [0, 0.05) is 48.3 Å². The molecule has 1 aliphatic rings. The average molecular weight is 547 g/mol. The van der Waals surface area contributed by atoms with Crippen molar-refractivity contribution in [2.45, 2.75) is 38.3 Å². The molecule has 0 bridgehead atoms. The molecule has 1 fully saturated rings. The van der Waals surface area contributed by atoms with Crippen molar-refractivity contribution in [1.82, 2.24) is 29.3 Å². The third kappa shape index (κ3) is 5.26. The molecule has 11 nitrogen and oxygen atoms in total. The molecule has 1 aliphatic heterocycles. The van der Waals surface area contributed by atoms with E-state index >= 15 is 0 Å². The number of hydrogen-bond donors (Lipinski definition) is 3. The highest BCUT2D eigenvalue weighted by molar-refractivity contribution is 6.31. The number of carbonyl (C=O) groups excluding carboxylic acids is 1. The van der Waals surface area contributed by atoms with Crippen molar-refractivity contribution < 1.29 is 23.4 Å². The van der Waals surface area contributed by atoms with Crippen molar-refractivity contribution in [2.75, 3.05) is 18.4 Å². The number of alkyl halides is 2. The normalized spacial score (nSPS) is 16.4. The van der Waals surface area contributed by atoms with Crippen LogP contribution in [0.25, 0.3) is 16.9 Å². The zero-order chi connectivity index (χ0) is 26.8. The van der Waals surface area contributed by atoms with Gasteiger partial charge in [0.05, 0.1) is 17.4 Å². The molecule has 1 unspecified atom stereocenters. The van der Waals surface area contributed by atoms with E-state index in [0.717, 1.165) is 12.8 Å². The number of amides is 1. The molecule has 4 N–H and O–H groups in total. The van der Waals surface area contributed by atoms with Gasteiger partial charge < -0.3 is 25.8 Å². The van der Waals surface area contributed by atoms with Crippen LogP contribution in [0.1, 0.15) is 24.6 Å². The lowest BCUT2D eigenvalue weighted by molar-refractivity contribution is -0.132. The van der Waals surface area contributed by atoms with E-state index in [1.807, 2.05) is 0 Å². The fraction of sp³-hybridized carbons (Fsp3) is 0.333. The summed E-state index contributed by atoms with van der Waals surface area (Å²) in [4.78, 5) is 19.0. The second-order valence-corrected chi connectivity index (χ2v) is 9.20. The Bertz CT molecular complexity index is 1450. The summed E-state index contributed by atoms with van der Waals surface area (Å²) in [7, 11) is 0. The van der Waals surface area contributed by atoms with E-state index in [1.54, 1.807) is 23.4 Å². The number of aliphatic hydroxyl groups excluding tert-OH is 1. The SMILES string of the molecule is NC[C@@H]1CCCN1C(=O)Cn1cc(NC(O)c2cnn3cccnc23)c(-c2cc(Cl)ccc2OC(F)F)n1. The van der Waals surface area contributed by atoms with Crippen molar-refractivity contribution in [3.05, 3.63) is 59.6 Å². The number of aromatic nitrogens is 5. The quantitative estimate of drug-likeness (QED) is 0.273. The molecule has 2 atom stereocenters. The Kier molecular flexibility index (Phi) is 7.40. The van der Waals surface area contributed by atoms with Crippen molar-refractivity contribution in [3.63, 3.8) is 0 Å². The van der Waals surface area contributed by atoms with Crippen LogP contribution in [0.15, 0.2) is 49.1 Å². The first-order chi connectivity index (χ1) is 18.3. The van der Waals surface area contributed by atoms with E-state index in [1.165, 1.54) is 39.8 Å². The van der Waals surface area contributed by atoms with Gasteiger partial charge in [0.15, 0.2) is 11.9 Å². The van der Waals surface area contributed by atoms with Gasteiger partial charge in [-0.05, 0) is 37.1 Å². The second-order valence-electron chi connectivity index (χ2n) is 8.76. The minimum Gasteiger partial charge on any atom is -0.434 e. The zero-order valence-corrected chi connectivity index (χ0v) is 20.8. The number of likely N-dealkylation sites (tertiary alicyclic amines) is 1. The molecule has 5 rings (SSSR count). The first kappa shape index (κ1) is 25.8. The molecule has 3 aromatic heterocycles. The van der Waals surface area contributed by atoms with Crippen molar-refractivity contribution in [3.8, 4) is 17.0 Å². The Labute approximate surface area is 220 Å². The predicted octanol–water partition coefficient (Wildman–Crippen LogP) is 2.90. The molecule has 1 amide bonds. The molecule has 0 saturated carbocycles. The Morgan fingerprint density at radius 1 is 1.37 bits per heavy atom. The summed E-state index contributed by atoms with van der Waals surface area (Å²) >= 11 is 6.18. The smallest absolute Gasteiger partial charge is 0.387 e. The van der Waals surface area contributed by atoms with E-state index in [9.17, 15) is 18.7 Å². The van der Waals surface area contributed by atoms with E-state index < -0.39 is 12.8 Å². The minimum atomic E-state index is -3.09. The summed E-state index contributed by atoms with van der Waals surface area (Å²) in [6.45, 7) is -2.25. The summed E-state index contributed by atoms with van der Waals surface area (Å²) in [5.41, 5.74) is 7.16. The van der Waals surface area contributed by atoms with Crippen molar-refractivity contribution >= 4 is 28.8 Å². The van der Waals surface area contributed by atoms with Crippen LogP contribution < -0.4 is 15.8 Å². The summed E-state index contributed by atoms with van der Waals surface area (Å²) < 4.78 is 33.9. The number of fused-ring (bicyclic) bond motifs is 1. The summed E-state index contributed by atoms with van der Waals surface area (Å²) in [6, 6.07) is 5.80. The summed E-state index contributed by atoms with van der Waals surface area (Å²) in [5.74, 6) is -0.347. The maximum absolute atomic E-state index is 13.2. The lowest BCUT2D eigenvalue weighted by atomic mass is 10.1. The molecule has 38 heavy (non-hydrogen) atoms. The number of benzene rings is 1. The highest BCUT2D eigenvalue weighted by atomic mass is 35.5. The topological polar surface area (TPSA) is 136 Å². The van der Waals surface area contributed by atoms with Gasteiger partial charge >= 0.3 is 6.61 Å². The van der Waals surface area contributed by atoms with Gasteiger partial charge in [0.1, 0.15) is 18.0 Å². The van der Waals surface area contributed by atoms with Crippen LogP contribution in [0.4, 0.5) is 14.5 Å². The molecule has 1 aromatic carbocycles. The van der Waals surface area contributed by atoms with Gasteiger partial charge in [-0.3, -0.25) is 9.48 Å². The van der Waals surface area contributed by atoms with Crippen LogP contribution in [0, 0.1) is 0 Å². The van der Waals surface area contributed by atoms with Gasteiger partial charge in [-0.1, -0.05) is 11.6 Å². The first-order valence-corrected chi connectivity index (χ1v) is 12.3. The number of hydrogen-bond acceptors (Lipinski definition) is 8. The highest BCUT2D eigenvalue weighted by Gasteiger charge is 2.29. The molecule has 14 heteroatoms. The summed E-state index contributed by atoms with van der Waals surface area (Å²) in [6.07, 6.45) is 6.61. The number of nitrogens with zero attached hydrogens (tertiary/aromatic N) is 6. The van der Waals surface area contributed by atoms with Crippen LogP contribution in [0.5, 0.6) is 5.75 Å². The monoisotopic (exact) mass is 546 g/mol. The third-order valence-corrected chi connectivity index (χ3v) is 6.57. The molecule has 4 aromatic rings. The maximum atomic E-state index is 13.2. The molecule has 0 spiro atoms. The van der Waals surface area contributed by atoms with Gasteiger partial charge in [0.25, 0.3) is 0 Å². The van der Waals surface area contributed by atoms with Crippen molar-refractivity contribution in [2.24, 2.45) is 5.73 Å². The lowest BCUT2D eigenvalue weighted by Gasteiger charge is -2.23. The maximum Gasteiger partial charge on any atom is 0.387 e. The second kappa shape index (κ2) is 10.9. The van der Waals surface area contributed by atoms with Crippen LogP contribution in [0.2, 0.25) is 5.02 Å². The number of halogens is 3. The number of anilines is 1. The summed E-state index contributed by atoms with van der Waals surface area (Å²) in [5, 5.41) is 22.9. The average Bonchev–Trinajstić information content (AvgIpc) is 3.63. The van der Waals surface area contributed by atoms with Crippen LogP contribution >= 0.6 is 11.6 Å². The van der Waals surface area contributed by atoms with Gasteiger partial charge in [0.2, 0.25) is 5.91 Å². The Morgan fingerprint density at radius 3 is 3.00 bits per heavy atom. The van der Waals surface area contributed by atoms with Crippen LogP contribution in [-0.2, 0) is 11.3 Å². The van der Waals surface area contributed by atoms with Gasteiger partial charge in [-0.2, -0.15) is 19.0 Å². The minimum absolute atomic E-state index is 0.0425. The largest absolute Gasteiger partial charge is 0.434 e. The van der Waals surface area contributed by atoms with Crippen LogP contribution in [0.3, 0.4) is 0 Å². The predicted molar refractivity (Wildman–Crippen MR) is 135 cm³/mol. The molecule has 1 saturated heterocycles. The first-order valence-electron chi connectivity index (χ1n) is 11.9. The highest BCUT2D eigenvalue weighted by Crippen LogP contribution is 2.38. The Morgan fingerprint density at radius 2 is 2.21 bits per heavy atom. The van der Waals surface area contributed by atoms with E-state index in [0.29, 0.717) is 24.3 Å².